The zero-order valence-electron chi connectivity index (χ0n) is 25.2. The van der Waals surface area contributed by atoms with Crippen LogP contribution in [0.4, 0.5) is 18.9 Å². The first kappa shape index (κ1) is 29.4. The van der Waals surface area contributed by atoms with E-state index in [0.717, 1.165) is 68.8 Å². The van der Waals surface area contributed by atoms with Crippen LogP contribution in [0.25, 0.3) is 28.2 Å². The molecule has 7 rings (SSSR count). The number of anilines is 1. The molecule has 3 heterocycles. The molecule has 1 spiro atoms. The Morgan fingerprint density at radius 3 is 2.51 bits per heavy atom. The quantitative estimate of drug-likeness (QED) is 0.222. The molecule has 2 aromatic heterocycles. The topological polar surface area (TPSA) is 88.7 Å². The van der Waals surface area contributed by atoms with Crippen molar-refractivity contribution in [3.05, 3.63) is 76.7 Å². The van der Waals surface area contributed by atoms with Gasteiger partial charge in [0.2, 0.25) is 0 Å². The van der Waals surface area contributed by atoms with Gasteiger partial charge in [0.05, 0.1) is 17.2 Å². The molecule has 0 unspecified atom stereocenters. The van der Waals surface area contributed by atoms with Gasteiger partial charge >= 0.3 is 12.1 Å². The van der Waals surface area contributed by atoms with Gasteiger partial charge < -0.3 is 19.3 Å². The fraction of sp³-hybridized carbons (Fsp3) is 0.400. The summed E-state index contributed by atoms with van der Waals surface area (Å²) in [5.74, 6) is 0.327. The van der Waals surface area contributed by atoms with Gasteiger partial charge in [0.25, 0.3) is 0 Å². The van der Waals surface area contributed by atoms with Gasteiger partial charge in [0.15, 0.2) is 5.69 Å². The summed E-state index contributed by atoms with van der Waals surface area (Å²) in [5, 5.41) is 14.4. The highest BCUT2D eigenvalue weighted by Gasteiger charge is 2.44. The second-order valence-corrected chi connectivity index (χ2v) is 12.9. The smallest absolute Gasteiger partial charge is 0.417 e. The second-order valence-electron chi connectivity index (χ2n) is 12.9. The van der Waals surface area contributed by atoms with E-state index in [1.54, 1.807) is 6.07 Å². The summed E-state index contributed by atoms with van der Waals surface area (Å²) in [6.07, 6.45) is 3.16. The third-order valence-corrected chi connectivity index (χ3v) is 9.27. The Morgan fingerprint density at radius 2 is 1.84 bits per heavy atom. The van der Waals surface area contributed by atoms with Gasteiger partial charge in [0.1, 0.15) is 17.2 Å². The average Bonchev–Trinajstić information content (AvgIpc) is 3.75. The van der Waals surface area contributed by atoms with Crippen molar-refractivity contribution in [1.29, 1.82) is 0 Å². The number of ether oxygens (including phenoxy) is 1. The number of carboxylic acid groups (broad SMARTS) is 1. The van der Waals surface area contributed by atoms with Crippen LogP contribution in [0.15, 0.2) is 58.6 Å². The zero-order chi connectivity index (χ0) is 31.5. The lowest BCUT2D eigenvalue weighted by Crippen LogP contribution is -2.44. The molecule has 2 aliphatic carbocycles. The Hall–Kier alpha value is -4.34. The van der Waals surface area contributed by atoms with E-state index in [1.165, 1.54) is 23.8 Å². The number of nitrogens with zero attached hydrogens (tertiary/aromatic N) is 3. The number of benzene rings is 2. The first-order valence-corrected chi connectivity index (χ1v) is 15.4. The van der Waals surface area contributed by atoms with Crippen molar-refractivity contribution >= 4 is 28.6 Å². The highest BCUT2D eigenvalue weighted by atomic mass is 19.4. The number of fused-ring (bicyclic) bond motifs is 1. The van der Waals surface area contributed by atoms with E-state index in [9.17, 15) is 23.1 Å². The maximum atomic E-state index is 13.9. The minimum absolute atomic E-state index is 0.0493. The summed E-state index contributed by atoms with van der Waals surface area (Å²) in [5.41, 5.74) is 3.29. The molecule has 0 bridgehead atoms. The fourth-order valence-electron chi connectivity index (χ4n) is 6.87. The minimum atomic E-state index is -4.49. The van der Waals surface area contributed by atoms with Gasteiger partial charge in [-0.15, -0.1) is 0 Å². The summed E-state index contributed by atoms with van der Waals surface area (Å²) in [4.78, 5) is 18.3. The van der Waals surface area contributed by atoms with Crippen LogP contribution in [0, 0.1) is 5.41 Å². The van der Waals surface area contributed by atoms with Crippen molar-refractivity contribution in [2.24, 2.45) is 5.41 Å². The molecule has 0 radical (unpaired) electrons. The van der Waals surface area contributed by atoms with Crippen molar-refractivity contribution in [2.75, 3.05) is 18.0 Å². The van der Waals surface area contributed by atoms with Crippen LogP contribution < -0.4 is 9.64 Å². The number of hydrogen-bond acceptors (Lipinski definition) is 6. The SMILES string of the molecule is CC(C)Oc1cc(C(=O)O)nc2ccc(N3CCC4(CC3)CC(=Cc3c(-c5ccccc5C(F)(F)F)noc3C3CC3)C4)cc12. The van der Waals surface area contributed by atoms with Gasteiger partial charge in [0, 0.05) is 47.3 Å². The molecule has 1 saturated heterocycles. The maximum Gasteiger partial charge on any atom is 0.417 e. The van der Waals surface area contributed by atoms with E-state index < -0.39 is 17.7 Å². The third-order valence-electron chi connectivity index (χ3n) is 9.27. The first-order valence-electron chi connectivity index (χ1n) is 15.4. The van der Waals surface area contributed by atoms with E-state index in [2.05, 4.69) is 15.0 Å². The number of aromatic nitrogens is 2. The van der Waals surface area contributed by atoms with E-state index >= 15 is 0 Å². The fourth-order valence-corrected chi connectivity index (χ4v) is 6.87. The third kappa shape index (κ3) is 5.66. The summed E-state index contributed by atoms with van der Waals surface area (Å²) >= 11 is 0. The highest BCUT2D eigenvalue weighted by Crippen LogP contribution is 2.54. The van der Waals surface area contributed by atoms with Crippen molar-refractivity contribution in [1.82, 2.24) is 10.1 Å². The Morgan fingerprint density at radius 1 is 1.11 bits per heavy atom. The van der Waals surface area contributed by atoms with Gasteiger partial charge in [-0.25, -0.2) is 9.78 Å². The van der Waals surface area contributed by atoms with Crippen molar-refractivity contribution in [3.8, 4) is 17.0 Å². The maximum absolute atomic E-state index is 13.9. The van der Waals surface area contributed by atoms with E-state index in [4.69, 9.17) is 9.26 Å². The number of carbonyl (C=O) groups is 1. The van der Waals surface area contributed by atoms with E-state index in [1.807, 2.05) is 38.1 Å². The molecule has 0 amide bonds. The molecule has 10 heteroatoms. The molecular weight excluding hydrogens is 583 g/mol. The number of aromatic carboxylic acids is 1. The first-order chi connectivity index (χ1) is 21.5. The van der Waals surface area contributed by atoms with Crippen molar-refractivity contribution in [2.45, 2.75) is 70.6 Å². The molecular formula is C35H34F3N3O4. The number of alkyl halides is 3. The van der Waals surface area contributed by atoms with Crippen LogP contribution in [0.5, 0.6) is 5.75 Å². The monoisotopic (exact) mass is 617 g/mol. The molecule has 0 atom stereocenters. The Balaban J connectivity index is 1.09. The predicted molar refractivity (Wildman–Crippen MR) is 164 cm³/mol. The summed E-state index contributed by atoms with van der Waals surface area (Å²) < 4.78 is 53.2. The van der Waals surface area contributed by atoms with Gasteiger partial charge in [-0.3, -0.25) is 0 Å². The summed E-state index contributed by atoms with van der Waals surface area (Å²) in [6, 6.07) is 12.9. The largest absolute Gasteiger partial charge is 0.490 e. The number of piperidine rings is 1. The molecule has 2 saturated carbocycles. The van der Waals surface area contributed by atoms with Crippen LogP contribution in [0.3, 0.4) is 0 Å². The molecule has 1 N–H and O–H groups in total. The number of pyridine rings is 1. The molecule has 2 aromatic carbocycles. The number of hydrogen-bond donors (Lipinski definition) is 1. The molecule has 4 aromatic rings. The predicted octanol–water partition coefficient (Wildman–Crippen LogP) is 8.74. The number of halogens is 3. The molecule has 1 aliphatic heterocycles. The molecule has 3 aliphatic rings. The minimum Gasteiger partial charge on any atom is -0.490 e. The number of carboxylic acids is 1. The van der Waals surface area contributed by atoms with Gasteiger partial charge in [-0.2, -0.15) is 13.2 Å². The lowest BCUT2D eigenvalue weighted by molar-refractivity contribution is -0.137. The van der Waals surface area contributed by atoms with E-state index in [0.29, 0.717) is 22.6 Å². The zero-order valence-corrected chi connectivity index (χ0v) is 25.2. The normalized spacial score (nSPS) is 18.0. The highest BCUT2D eigenvalue weighted by molar-refractivity contribution is 5.94. The van der Waals surface area contributed by atoms with E-state index in [-0.39, 0.29) is 34.4 Å². The lowest BCUT2D eigenvalue weighted by Gasteiger charge is -2.50. The Bertz CT molecular complexity index is 1800. The van der Waals surface area contributed by atoms with Crippen LogP contribution in [-0.2, 0) is 6.18 Å². The Kier molecular flexibility index (Phi) is 7.13. The molecule has 3 fully saturated rings. The van der Waals surface area contributed by atoms with Crippen LogP contribution in [0.2, 0.25) is 0 Å². The average molecular weight is 618 g/mol. The van der Waals surface area contributed by atoms with Crippen molar-refractivity contribution in [3.63, 3.8) is 0 Å². The molecule has 45 heavy (non-hydrogen) atoms. The van der Waals surface area contributed by atoms with Gasteiger partial charge in [-0.05, 0) is 88.1 Å². The summed E-state index contributed by atoms with van der Waals surface area (Å²) in [6.45, 7) is 5.54. The summed E-state index contributed by atoms with van der Waals surface area (Å²) in [7, 11) is 0. The second kappa shape index (κ2) is 10.9. The lowest BCUT2D eigenvalue weighted by atomic mass is 9.60. The number of rotatable bonds is 7. The standard InChI is InChI=1S/C35H34F3N3O4/c1-20(2)44-30-17-29(33(42)43)39-28-10-9-23(16-25(28)30)41-13-11-34(12-14-41)18-21(19-34)15-26-31(40-45-32(26)22-7-8-22)24-5-3-4-6-27(24)35(36,37)38/h3-6,9-10,15-17,20,22H,7-8,11-14,18-19H2,1-2H3,(H,42,43). The van der Waals surface area contributed by atoms with Crippen LogP contribution >= 0.6 is 0 Å². The Labute approximate surface area is 258 Å². The number of allylic oxidation sites excluding steroid dienone is 1. The molecule has 234 valence electrons. The van der Waals surface area contributed by atoms with Crippen molar-refractivity contribution < 1.29 is 32.3 Å². The van der Waals surface area contributed by atoms with Crippen LogP contribution in [-0.4, -0.2) is 40.4 Å². The molecule has 7 nitrogen and oxygen atoms in total. The van der Waals surface area contributed by atoms with Gasteiger partial charge in [-0.1, -0.05) is 28.9 Å². The van der Waals surface area contributed by atoms with Crippen LogP contribution in [0.1, 0.15) is 85.7 Å².